The number of likely N-dealkylation sites (N-methyl/N-ethyl adjacent to an activating group) is 1. The standard InChI is InChI=1S/C12H24N2O3/c1-4-14(8-12(16)17)11(15)6-10(7-13)5-9(2)3/h9-10H,4-8,13H2,1-3H3,(H,16,17)/t10-/m0/s1. The first-order valence-corrected chi connectivity index (χ1v) is 6.10. The zero-order chi connectivity index (χ0) is 13.4. The maximum atomic E-state index is 11.9. The summed E-state index contributed by atoms with van der Waals surface area (Å²) in [7, 11) is 0. The fourth-order valence-electron chi connectivity index (χ4n) is 1.85. The molecule has 0 aromatic carbocycles. The zero-order valence-corrected chi connectivity index (χ0v) is 11.0. The molecule has 1 amide bonds. The molecule has 0 aromatic heterocycles. The van der Waals surface area contributed by atoms with Crippen LogP contribution in [-0.4, -0.2) is 41.5 Å². The van der Waals surface area contributed by atoms with Crippen molar-refractivity contribution in [2.24, 2.45) is 17.6 Å². The van der Waals surface area contributed by atoms with E-state index in [1.54, 1.807) is 6.92 Å². The molecule has 0 aliphatic carbocycles. The summed E-state index contributed by atoms with van der Waals surface area (Å²) in [6.07, 6.45) is 1.24. The van der Waals surface area contributed by atoms with Crippen LogP contribution in [0.5, 0.6) is 0 Å². The number of carboxylic acids is 1. The molecule has 0 aliphatic rings. The number of aliphatic carboxylic acids is 1. The number of nitrogens with zero attached hydrogens (tertiary/aromatic N) is 1. The van der Waals surface area contributed by atoms with Crippen LogP contribution in [-0.2, 0) is 9.59 Å². The Balaban J connectivity index is 4.31. The van der Waals surface area contributed by atoms with Crippen molar-refractivity contribution in [3.63, 3.8) is 0 Å². The van der Waals surface area contributed by atoms with Crippen LogP contribution in [0.3, 0.4) is 0 Å². The smallest absolute Gasteiger partial charge is 0.323 e. The number of hydrogen-bond donors (Lipinski definition) is 2. The first kappa shape index (κ1) is 15.9. The summed E-state index contributed by atoms with van der Waals surface area (Å²) in [6, 6.07) is 0. The number of carbonyl (C=O) groups is 2. The number of hydrogen-bond acceptors (Lipinski definition) is 3. The predicted molar refractivity (Wildman–Crippen MR) is 66.5 cm³/mol. The molecule has 0 unspecified atom stereocenters. The van der Waals surface area contributed by atoms with Gasteiger partial charge in [0, 0.05) is 13.0 Å². The molecule has 0 saturated heterocycles. The quantitative estimate of drug-likeness (QED) is 0.665. The molecule has 0 bridgehead atoms. The SMILES string of the molecule is CCN(CC(=O)O)C(=O)C[C@@H](CN)CC(C)C. The van der Waals surface area contributed by atoms with E-state index in [-0.39, 0.29) is 18.4 Å². The Hall–Kier alpha value is -1.10. The number of rotatable bonds is 8. The van der Waals surface area contributed by atoms with E-state index in [0.717, 1.165) is 6.42 Å². The summed E-state index contributed by atoms with van der Waals surface area (Å²) in [4.78, 5) is 23.8. The van der Waals surface area contributed by atoms with Crippen LogP contribution in [0.4, 0.5) is 0 Å². The largest absolute Gasteiger partial charge is 0.480 e. The number of amides is 1. The van der Waals surface area contributed by atoms with Crippen molar-refractivity contribution in [2.45, 2.75) is 33.6 Å². The minimum Gasteiger partial charge on any atom is -0.480 e. The van der Waals surface area contributed by atoms with Crippen LogP contribution in [0.25, 0.3) is 0 Å². The van der Waals surface area contributed by atoms with Crippen molar-refractivity contribution in [1.29, 1.82) is 0 Å². The average Bonchev–Trinajstić information content (AvgIpc) is 2.23. The third-order valence-corrected chi connectivity index (χ3v) is 2.66. The average molecular weight is 244 g/mol. The molecular weight excluding hydrogens is 220 g/mol. The molecule has 0 saturated carbocycles. The van der Waals surface area contributed by atoms with Crippen molar-refractivity contribution in [1.82, 2.24) is 4.90 Å². The summed E-state index contributed by atoms with van der Waals surface area (Å²) in [6.45, 7) is 6.61. The lowest BCUT2D eigenvalue weighted by Gasteiger charge is -2.22. The Labute approximate surface area is 103 Å². The second-order valence-corrected chi connectivity index (χ2v) is 4.74. The van der Waals surface area contributed by atoms with Crippen LogP contribution >= 0.6 is 0 Å². The van der Waals surface area contributed by atoms with E-state index in [1.807, 2.05) is 0 Å². The van der Waals surface area contributed by atoms with Gasteiger partial charge in [0.1, 0.15) is 6.54 Å². The van der Waals surface area contributed by atoms with Gasteiger partial charge in [-0.3, -0.25) is 9.59 Å². The summed E-state index contributed by atoms with van der Waals surface area (Å²) in [5.41, 5.74) is 5.63. The molecule has 100 valence electrons. The van der Waals surface area contributed by atoms with Crippen LogP contribution in [0.2, 0.25) is 0 Å². The summed E-state index contributed by atoms with van der Waals surface area (Å²) in [5.74, 6) is -0.462. The molecule has 0 rings (SSSR count). The summed E-state index contributed by atoms with van der Waals surface area (Å²) < 4.78 is 0. The topological polar surface area (TPSA) is 83.6 Å². The van der Waals surface area contributed by atoms with Gasteiger partial charge < -0.3 is 15.7 Å². The Morgan fingerprint density at radius 3 is 2.29 bits per heavy atom. The molecule has 5 heteroatoms. The van der Waals surface area contributed by atoms with Gasteiger partial charge in [0.15, 0.2) is 0 Å². The Bertz CT molecular complexity index is 254. The Morgan fingerprint density at radius 2 is 1.94 bits per heavy atom. The number of nitrogens with two attached hydrogens (primary N) is 1. The van der Waals surface area contributed by atoms with Crippen molar-refractivity contribution in [3.05, 3.63) is 0 Å². The first-order valence-electron chi connectivity index (χ1n) is 6.10. The van der Waals surface area contributed by atoms with Gasteiger partial charge in [0.05, 0.1) is 0 Å². The van der Waals surface area contributed by atoms with Crippen molar-refractivity contribution in [3.8, 4) is 0 Å². The fraction of sp³-hybridized carbons (Fsp3) is 0.833. The third kappa shape index (κ3) is 6.94. The highest BCUT2D eigenvalue weighted by atomic mass is 16.4. The van der Waals surface area contributed by atoms with Crippen LogP contribution in [0, 0.1) is 11.8 Å². The van der Waals surface area contributed by atoms with E-state index >= 15 is 0 Å². The molecule has 0 aliphatic heterocycles. The second-order valence-electron chi connectivity index (χ2n) is 4.74. The first-order chi connectivity index (χ1) is 7.90. The molecular formula is C12H24N2O3. The Kier molecular flexibility index (Phi) is 7.54. The van der Waals surface area contributed by atoms with Gasteiger partial charge in [0.25, 0.3) is 0 Å². The minimum absolute atomic E-state index is 0.119. The highest BCUT2D eigenvalue weighted by Gasteiger charge is 2.19. The molecule has 0 fully saturated rings. The minimum atomic E-state index is -0.978. The van der Waals surface area contributed by atoms with E-state index in [9.17, 15) is 9.59 Å². The van der Waals surface area contributed by atoms with Gasteiger partial charge in [-0.25, -0.2) is 0 Å². The van der Waals surface area contributed by atoms with Crippen LogP contribution < -0.4 is 5.73 Å². The van der Waals surface area contributed by atoms with E-state index < -0.39 is 5.97 Å². The number of carboxylic acid groups (broad SMARTS) is 1. The van der Waals surface area contributed by atoms with E-state index in [4.69, 9.17) is 10.8 Å². The van der Waals surface area contributed by atoms with Gasteiger partial charge >= 0.3 is 5.97 Å². The highest BCUT2D eigenvalue weighted by molar-refractivity contribution is 5.81. The number of carbonyl (C=O) groups excluding carboxylic acids is 1. The molecule has 0 radical (unpaired) electrons. The lowest BCUT2D eigenvalue weighted by Crippen LogP contribution is -2.37. The van der Waals surface area contributed by atoms with E-state index in [2.05, 4.69) is 13.8 Å². The highest BCUT2D eigenvalue weighted by Crippen LogP contribution is 2.15. The molecule has 0 heterocycles. The molecule has 5 nitrogen and oxygen atoms in total. The summed E-state index contributed by atoms with van der Waals surface area (Å²) >= 11 is 0. The molecule has 0 aromatic rings. The Morgan fingerprint density at radius 1 is 1.35 bits per heavy atom. The zero-order valence-electron chi connectivity index (χ0n) is 11.0. The van der Waals surface area contributed by atoms with Crippen molar-refractivity contribution in [2.75, 3.05) is 19.6 Å². The van der Waals surface area contributed by atoms with E-state index in [1.165, 1.54) is 4.90 Å². The maximum Gasteiger partial charge on any atom is 0.323 e. The summed E-state index contributed by atoms with van der Waals surface area (Å²) in [5, 5.41) is 8.68. The third-order valence-electron chi connectivity index (χ3n) is 2.66. The van der Waals surface area contributed by atoms with Crippen LogP contribution in [0.15, 0.2) is 0 Å². The van der Waals surface area contributed by atoms with Gasteiger partial charge in [-0.05, 0) is 31.7 Å². The second kappa shape index (κ2) is 8.06. The molecule has 0 spiro atoms. The van der Waals surface area contributed by atoms with Gasteiger partial charge in [-0.1, -0.05) is 13.8 Å². The lowest BCUT2D eigenvalue weighted by atomic mass is 9.94. The molecule has 1 atom stereocenters. The normalized spacial score (nSPS) is 12.5. The van der Waals surface area contributed by atoms with Gasteiger partial charge in [0.2, 0.25) is 5.91 Å². The lowest BCUT2D eigenvalue weighted by molar-refractivity contribution is -0.144. The van der Waals surface area contributed by atoms with Crippen molar-refractivity contribution < 1.29 is 14.7 Å². The molecule has 17 heavy (non-hydrogen) atoms. The predicted octanol–water partition coefficient (Wildman–Crippen LogP) is 0.931. The van der Waals surface area contributed by atoms with Gasteiger partial charge in [-0.15, -0.1) is 0 Å². The molecule has 3 N–H and O–H groups in total. The fourth-order valence-corrected chi connectivity index (χ4v) is 1.85. The van der Waals surface area contributed by atoms with Gasteiger partial charge in [-0.2, -0.15) is 0 Å². The van der Waals surface area contributed by atoms with Crippen molar-refractivity contribution >= 4 is 11.9 Å². The van der Waals surface area contributed by atoms with Crippen LogP contribution in [0.1, 0.15) is 33.6 Å². The monoisotopic (exact) mass is 244 g/mol. The maximum absolute atomic E-state index is 11.9. The van der Waals surface area contributed by atoms with E-state index in [0.29, 0.717) is 25.4 Å².